The predicted molar refractivity (Wildman–Crippen MR) is 131 cm³/mol. The average Bonchev–Trinajstić information content (AvgIpc) is 3.25. The lowest BCUT2D eigenvalue weighted by molar-refractivity contribution is -0.146. The number of methoxy groups -OCH3 is 1. The van der Waals surface area contributed by atoms with E-state index < -0.39 is 18.0 Å². The highest BCUT2D eigenvalue weighted by molar-refractivity contribution is 7.16. The number of hydrogen-bond donors (Lipinski definition) is 2. The molecule has 3 atom stereocenters. The Balaban J connectivity index is 1.37. The maximum absolute atomic E-state index is 12.0. The Morgan fingerprint density at radius 1 is 1.33 bits per heavy atom. The van der Waals surface area contributed by atoms with E-state index in [2.05, 4.69) is 9.88 Å². The Kier molecular flexibility index (Phi) is 7.86. The molecule has 33 heavy (non-hydrogen) atoms. The average molecular weight is 489 g/mol. The number of halogens is 1. The number of aliphatic carboxylic acids is 1. The lowest BCUT2D eigenvalue weighted by Gasteiger charge is -2.37. The van der Waals surface area contributed by atoms with Gasteiger partial charge in [0, 0.05) is 29.5 Å². The predicted octanol–water partition coefficient (Wildman–Crippen LogP) is 5.04. The van der Waals surface area contributed by atoms with Crippen LogP contribution < -0.4 is 4.74 Å². The number of piperidine rings is 1. The molecule has 1 fully saturated rings. The molecule has 1 aliphatic rings. The number of pyridine rings is 1. The van der Waals surface area contributed by atoms with Crippen molar-refractivity contribution in [2.75, 3.05) is 26.7 Å². The summed E-state index contributed by atoms with van der Waals surface area (Å²) in [4.78, 5) is 19.9. The van der Waals surface area contributed by atoms with Crippen LogP contribution in [0.4, 0.5) is 0 Å². The van der Waals surface area contributed by atoms with E-state index in [1.807, 2.05) is 36.4 Å². The Morgan fingerprint density at radius 3 is 2.91 bits per heavy atom. The quantitative estimate of drug-likeness (QED) is 0.439. The SMILES string of the molecule is COc1ccc2nccc([C@H](O)CC[C@@H]3CCN(CCc4ccc(Cl)s4)C[C@@H]3C(=O)O)c2c1. The van der Waals surface area contributed by atoms with Crippen molar-refractivity contribution in [2.24, 2.45) is 11.8 Å². The van der Waals surface area contributed by atoms with Crippen molar-refractivity contribution < 1.29 is 19.7 Å². The zero-order valence-electron chi connectivity index (χ0n) is 18.6. The van der Waals surface area contributed by atoms with Crippen molar-refractivity contribution in [1.29, 1.82) is 0 Å². The molecule has 8 heteroatoms. The van der Waals surface area contributed by atoms with E-state index in [0.29, 0.717) is 25.1 Å². The van der Waals surface area contributed by atoms with Crippen molar-refractivity contribution in [3.8, 4) is 5.75 Å². The van der Waals surface area contributed by atoms with Gasteiger partial charge in [0.2, 0.25) is 0 Å². The lowest BCUT2D eigenvalue weighted by atomic mass is 9.81. The van der Waals surface area contributed by atoms with E-state index in [4.69, 9.17) is 16.3 Å². The van der Waals surface area contributed by atoms with Gasteiger partial charge in [-0.3, -0.25) is 9.78 Å². The van der Waals surface area contributed by atoms with Crippen LogP contribution in [0.25, 0.3) is 10.9 Å². The van der Waals surface area contributed by atoms with Gasteiger partial charge >= 0.3 is 5.97 Å². The number of hydrogen-bond acceptors (Lipinski definition) is 6. The maximum Gasteiger partial charge on any atom is 0.308 e. The number of ether oxygens (including phenoxy) is 1. The van der Waals surface area contributed by atoms with Crippen LogP contribution in [0, 0.1) is 11.8 Å². The minimum Gasteiger partial charge on any atom is -0.497 e. The van der Waals surface area contributed by atoms with Gasteiger partial charge in [-0.05, 0) is 80.1 Å². The number of fused-ring (bicyclic) bond motifs is 1. The van der Waals surface area contributed by atoms with Crippen molar-refractivity contribution in [3.63, 3.8) is 0 Å². The molecule has 3 heterocycles. The molecule has 0 saturated carbocycles. The third-order valence-electron chi connectivity index (χ3n) is 6.61. The molecular weight excluding hydrogens is 460 g/mol. The summed E-state index contributed by atoms with van der Waals surface area (Å²) in [6.45, 7) is 2.25. The highest BCUT2D eigenvalue weighted by Crippen LogP contribution is 2.34. The molecule has 2 aromatic heterocycles. The van der Waals surface area contributed by atoms with Crippen LogP contribution in [-0.4, -0.2) is 52.8 Å². The van der Waals surface area contributed by atoms with E-state index in [9.17, 15) is 15.0 Å². The van der Waals surface area contributed by atoms with Crippen molar-refractivity contribution in [2.45, 2.75) is 31.8 Å². The Morgan fingerprint density at radius 2 is 2.18 bits per heavy atom. The van der Waals surface area contributed by atoms with Crippen LogP contribution >= 0.6 is 22.9 Å². The smallest absolute Gasteiger partial charge is 0.308 e. The van der Waals surface area contributed by atoms with Crippen molar-refractivity contribution >= 4 is 39.8 Å². The summed E-state index contributed by atoms with van der Waals surface area (Å²) >= 11 is 7.59. The highest BCUT2D eigenvalue weighted by atomic mass is 35.5. The van der Waals surface area contributed by atoms with Gasteiger partial charge < -0.3 is 19.8 Å². The molecule has 0 bridgehead atoms. The van der Waals surface area contributed by atoms with E-state index in [1.165, 1.54) is 4.88 Å². The van der Waals surface area contributed by atoms with E-state index in [1.54, 1.807) is 24.6 Å². The standard InChI is InChI=1S/C25H29ClN2O4S/c1-32-17-3-5-22-20(14-17)19(8-11-27-22)23(29)6-2-16-9-12-28(15-21(16)25(30)31)13-10-18-4-7-24(26)33-18/h3-5,7-8,11,14,16,21,23,29H,2,6,9-10,12-13,15H2,1H3,(H,30,31)/t16-,21+,23-/m1/s1. The topological polar surface area (TPSA) is 82.9 Å². The number of aliphatic hydroxyl groups excluding tert-OH is 1. The third kappa shape index (κ3) is 5.84. The molecule has 1 saturated heterocycles. The second-order valence-corrected chi connectivity index (χ2v) is 10.4. The maximum atomic E-state index is 12.0. The molecule has 0 spiro atoms. The van der Waals surface area contributed by atoms with Gasteiger partial charge in [0.15, 0.2) is 0 Å². The molecule has 0 amide bonds. The van der Waals surface area contributed by atoms with E-state index >= 15 is 0 Å². The summed E-state index contributed by atoms with van der Waals surface area (Å²) in [6, 6.07) is 11.4. The number of rotatable bonds is 9. The first-order chi connectivity index (χ1) is 15.9. The molecule has 0 aliphatic carbocycles. The van der Waals surface area contributed by atoms with Gasteiger partial charge in [0.1, 0.15) is 5.75 Å². The molecule has 176 valence electrons. The number of nitrogens with zero attached hydrogens (tertiary/aromatic N) is 2. The second-order valence-electron chi connectivity index (χ2n) is 8.63. The molecule has 6 nitrogen and oxygen atoms in total. The molecular formula is C25H29ClN2O4S. The molecule has 2 N–H and O–H groups in total. The molecule has 3 aromatic rings. The molecule has 1 aliphatic heterocycles. The summed E-state index contributed by atoms with van der Waals surface area (Å²) < 4.78 is 6.11. The lowest BCUT2D eigenvalue weighted by Crippen LogP contribution is -2.44. The number of carboxylic acid groups (broad SMARTS) is 1. The number of aromatic nitrogens is 1. The first-order valence-corrected chi connectivity index (χ1v) is 12.4. The Hall–Kier alpha value is -2.19. The summed E-state index contributed by atoms with van der Waals surface area (Å²) in [7, 11) is 1.61. The van der Waals surface area contributed by atoms with Crippen LogP contribution in [0.1, 0.15) is 35.8 Å². The third-order valence-corrected chi connectivity index (χ3v) is 7.90. The first-order valence-electron chi connectivity index (χ1n) is 11.2. The van der Waals surface area contributed by atoms with Gasteiger partial charge in [-0.2, -0.15) is 0 Å². The molecule has 0 unspecified atom stereocenters. The molecule has 4 rings (SSSR count). The van der Waals surface area contributed by atoms with E-state index in [-0.39, 0.29) is 5.92 Å². The number of thiophene rings is 1. The Bertz CT molecular complexity index is 1100. The number of carboxylic acids is 1. The van der Waals surface area contributed by atoms with Crippen LogP contribution in [0.5, 0.6) is 5.75 Å². The number of likely N-dealkylation sites (tertiary alicyclic amines) is 1. The van der Waals surface area contributed by atoms with Gasteiger partial charge in [0.25, 0.3) is 0 Å². The number of carbonyl (C=O) groups is 1. The number of aliphatic hydroxyl groups is 1. The van der Waals surface area contributed by atoms with Crippen molar-refractivity contribution in [3.05, 3.63) is 57.4 Å². The summed E-state index contributed by atoms with van der Waals surface area (Å²) in [6.07, 6.45) is 3.90. The van der Waals surface area contributed by atoms with Crippen LogP contribution in [0.15, 0.2) is 42.6 Å². The van der Waals surface area contributed by atoms with Gasteiger partial charge in [-0.25, -0.2) is 0 Å². The summed E-state index contributed by atoms with van der Waals surface area (Å²) in [5.74, 6) is -0.413. The van der Waals surface area contributed by atoms with Crippen LogP contribution in [0.3, 0.4) is 0 Å². The normalized spacial score (nSPS) is 20.1. The van der Waals surface area contributed by atoms with Crippen LogP contribution in [-0.2, 0) is 11.2 Å². The minimum atomic E-state index is -0.752. The Labute approximate surface area is 202 Å². The van der Waals surface area contributed by atoms with Crippen molar-refractivity contribution in [1.82, 2.24) is 9.88 Å². The summed E-state index contributed by atoms with van der Waals surface area (Å²) in [5, 5.41) is 21.7. The zero-order chi connectivity index (χ0) is 23.4. The fourth-order valence-electron chi connectivity index (χ4n) is 4.74. The number of benzene rings is 1. The van der Waals surface area contributed by atoms with Crippen LogP contribution in [0.2, 0.25) is 4.34 Å². The van der Waals surface area contributed by atoms with Gasteiger partial charge in [0.05, 0.1) is 29.0 Å². The summed E-state index contributed by atoms with van der Waals surface area (Å²) in [5.41, 5.74) is 1.61. The zero-order valence-corrected chi connectivity index (χ0v) is 20.2. The second kappa shape index (κ2) is 10.8. The van der Waals surface area contributed by atoms with E-state index in [0.717, 1.165) is 46.7 Å². The monoisotopic (exact) mass is 488 g/mol. The van der Waals surface area contributed by atoms with Gasteiger partial charge in [-0.15, -0.1) is 11.3 Å². The first kappa shape index (κ1) is 24.0. The fraction of sp³-hybridized carbons (Fsp3) is 0.440. The highest BCUT2D eigenvalue weighted by Gasteiger charge is 2.34. The molecule has 0 radical (unpaired) electrons. The molecule has 1 aromatic carbocycles. The largest absolute Gasteiger partial charge is 0.497 e. The van der Waals surface area contributed by atoms with Gasteiger partial charge in [-0.1, -0.05) is 11.6 Å². The fourth-order valence-corrected chi connectivity index (χ4v) is 5.82. The minimum absolute atomic E-state index is 0.0484.